The maximum atomic E-state index is 12.6. The summed E-state index contributed by atoms with van der Waals surface area (Å²) in [6.45, 7) is 1.96. The number of hydrogen-bond acceptors (Lipinski definition) is 6. The van der Waals surface area contributed by atoms with Crippen LogP contribution in [0.3, 0.4) is 0 Å². The molecule has 2 aromatic heterocycles. The Bertz CT molecular complexity index is 1030. The molecule has 0 saturated heterocycles. The molecule has 1 fully saturated rings. The van der Waals surface area contributed by atoms with E-state index < -0.39 is 0 Å². The van der Waals surface area contributed by atoms with E-state index in [1.54, 1.807) is 6.07 Å². The van der Waals surface area contributed by atoms with Crippen molar-refractivity contribution in [2.24, 2.45) is 11.8 Å². The Labute approximate surface area is 187 Å². The molecule has 1 saturated carbocycles. The monoisotopic (exact) mass is 435 g/mol. The van der Waals surface area contributed by atoms with E-state index in [4.69, 9.17) is 4.52 Å². The molecule has 1 unspecified atom stereocenters. The summed E-state index contributed by atoms with van der Waals surface area (Å²) in [5.41, 5.74) is 1.61. The number of aromatic nitrogens is 2. The Morgan fingerprint density at radius 2 is 2.00 bits per heavy atom. The molecule has 3 aromatic rings. The first kappa shape index (κ1) is 21.7. The number of ketones is 1. The second-order valence-electron chi connectivity index (χ2n) is 8.61. The van der Waals surface area contributed by atoms with Gasteiger partial charge in [0.15, 0.2) is 0 Å². The van der Waals surface area contributed by atoms with Gasteiger partial charge in [0.05, 0.1) is 0 Å². The van der Waals surface area contributed by atoms with Gasteiger partial charge in [0, 0.05) is 16.5 Å². The predicted octanol–water partition coefficient (Wildman–Crippen LogP) is 5.79. The molecule has 0 bridgehead atoms. The number of thiophene rings is 1. The average Bonchev–Trinajstić information content (AvgIpc) is 3.45. The van der Waals surface area contributed by atoms with E-state index in [1.165, 1.54) is 17.7 Å². The van der Waals surface area contributed by atoms with Gasteiger partial charge in [-0.3, -0.25) is 4.79 Å². The summed E-state index contributed by atoms with van der Waals surface area (Å²) in [5, 5.41) is 6.05. The van der Waals surface area contributed by atoms with E-state index in [-0.39, 0.29) is 11.6 Å². The lowest BCUT2D eigenvalue weighted by Crippen LogP contribution is -2.29. The topological polar surface area (TPSA) is 59.2 Å². The molecule has 5 nitrogen and oxygen atoms in total. The van der Waals surface area contributed by atoms with Crippen LogP contribution in [0.15, 0.2) is 52.4 Å². The van der Waals surface area contributed by atoms with Gasteiger partial charge in [-0.1, -0.05) is 41.1 Å². The number of aryl methyl sites for hydroxylation is 1. The lowest BCUT2D eigenvalue weighted by atomic mass is 9.77. The van der Waals surface area contributed by atoms with Gasteiger partial charge in [0.2, 0.25) is 11.6 Å². The minimum absolute atomic E-state index is 0.110. The van der Waals surface area contributed by atoms with Crippen LogP contribution in [-0.2, 0) is 0 Å². The minimum Gasteiger partial charge on any atom is -0.334 e. The first-order chi connectivity index (χ1) is 15.0. The van der Waals surface area contributed by atoms with Crippen molar-refractivity contribution in [3.63, 3.8) is 0 Å². The van der Waals surface area contributed by atoms with E-state index in [0.717, 1.165) is 18.4 Å². The molecule has 1 atom stereocenters. The van der Waals surface area contributed by atoms with Crippen molar-refractivity contribution in [1.29, 1.82) is 0 Å². The van der Waals surface area contributed by atoms with Crippen LogP contribution in [0.2, 0.25) is 0 Å². The highest BCUT2D eigenvalue weighted by atomic mass is 32.1. The van der Waals surface area contributed by atoms with Gasteiger partial charge < -0.3 is 9.42 Å². The normalized spacial score (nSPS) is 20.4. The summed E-state index contributed by atoms with van der Waals surface area (Å²) in [6, 6.07) is 12.3. The number of hydrogen-bond donors (Lipinski definition) is 0. The highest BCUT2D eigenvalue weighted by Gasteiger charge is 2.30. The molecule has 0 spiro atoms. The van der Waals surface area contributed by atoms with Crippen LogP contribution in [0.4, 0.5) is 0 Å². The SMILES string of the molecule is Cc1cccc(C(=O)c2noc(/C=C/C3CCC(C(c4cccs4)N(C)C)CC3)n2)c1. The highest BCUT2D eigenvalue weighted by Crippen LogP contribution is 2.41. The molecule has 1 aromatic carbocycles. The molecule has 2 heterocycles. The van der Waals surface area contributed by atoms with Gasteiger partial charge in [0.1, 0.15) is 0 Å². The van der Waals surface area contributed by atoms with Crippen molar-refractivity contribution in [2.45, 2.75) is 38.6 Å². The fourth-order valence-electron chi connectivity index (χ4n) is 4.55. The van der Waals surface area contributed by atoms with Crippen molar-refractivity contribution in [2.75, 3.05) is 14.1 Å². The summed E-state index contributed by atoms with van der Waals surface area (Å²) in [7, 11) is 4.36. The van der Waals surface area contributed by atoms with Crippen LogP contribution < -0.4 is 0 Å². The fraction of sp³-hybridized carbons (Fsp3) is 0.400. The molecule has 6 heteroatoms. The van der Waals surface area contributed by atoms with Gasteiger partial charge >= 0.3 is 0 Å². The van der Waals surface area contributed by atoms with Gasteiger partial charge in [0.25, 0.3) is 5.89 Å². The molecule has 0 N–H and O–H groups in total. The summed E-state index contributed by atoms with van der Waals surface area (Å²) in [4.78, 5) is 20.7. The average molecular weight is 436 g/mol. The third-order valence-corrected chi connectivity index (χ3v) is 7.03. The molecular formula is C25H29N3O2S. The van der Waals surface area contributed by atoms with Crippen LogP contribution in [0.1, 0.15) is 64.2 Å². The van der Waals surface area contributed by atoms with Gasteiger partial charge in [-0.2, -0.15) is 4.98 Å². The van der Waals surface area contributed by atoms with Crippen molar-refractivity contribution in [1.82, 2.24) is 15.0 Å². The number of nitrogens with zero attached hydrogens (tertiary/aromatic N) is 3. The number of allylic oxidation sites excluding steroid dienone is 1. The van der Waals surface area contributed by atoms with E-state index in [2.05, 4.69) is 52.7 Å². The molecule has 4 rings (SSSR count). The van der Waals surface area contributed by atoms with Gasteiger partial charge in [-0.05, 0) is 82.1 Å². The molecule has 0 radical (unpaired) electrons. The smallest absolute Gasteiger partial charge is 0.250 e. The highest BCUT2D eigenvalue weighted by molar-refractivity contribution is 7.10. The number of benzene rings is 1. The number of carbonyl (C=O) groups is 1. The van der Waals surface area contributed by atoms with Crippen LogP contribution in [0.25, 0.3) is 6.08 Å². The van der Waals surface area contributed by atoms with Crippen molar-refractivity contribution in [3.8, 4) is 0 Å². The van der Waals surface area contributed by atoms with Crippen LogP contribution in [-0.4, -0.2) is 34.9 Å². The first-order valence-corrected chi connectivity index (χ1v) is 11.7. The molecule has 31 heavy (non-hydrogen) atoms. The van der Waals surface area contributed by atoms with Crippen molar-refractivity contribution < 1.29 is 9.32 Å². The van der Waals surface area contributed by atoms with Crippen molar-refractivity contribution in [3.05, 3.63) is 75.6 Å². The largest absolute Gasteiger partial charge is 0.334 e. The number of rotatable bonds is 7. The van der Waals surface area contributed by atoms with E-state index in [0.29, 0.717) is 29.3 Å². The maximum Gasteiger partial charge on any atom is 0.250 e. The van der Waals surface area contributed by atoms with E-state index >= 15 is 0 Å². The van der Waals surface area contributed by atoms with E-state index in [1.807, 2.05) is 42.5 Å². The van der Waals surface area contributed by atoms with Crippen LogP contribution >= 0.6 is 11.3 Å². The van der Waals surface area contributed by atoms with Gasteiger partial charge in [-0.15, -0.1) is 11.3 Å². The zero-order valence-electron chi connectivity index (χ0n) is 18.3. The summed E-state index contributed by atoms with van der Waals surface area (Å²) in [6.07, 6.45) is 8.75. The quantitative estimate of drug-likeness (QED) is 0.439. The van der Waals surface area contributed by atoms with E-state index in [9.17, 15) is 4.79 Å². The maximum absolute atomic E-state index is 12.6. The molecule has 1 aliphatic rings. The standard InChI is InChI=1S/C25H29N3O2S/c1-17-6-4-7-20(16-17)24(29)25-26-22(30-27-25)14-11-18-9-12-19(13-10-18)23(28(2)3)21-8-5-15-31-21/h4-8,11,14-16,18-19,23H,9-10,12-13H2,1-3H3/b14-11+. The minimum atomic E-state index is -0.212. The molecule has 0 aliphatic heterocycles. The Kier molecular flexibility index (Phi) is 6.78. The summed E-state index contributed by atoms with van der Waals surface area (Å²) >= 11 is 1.85. The lowest BCUT2D eigenvalue weighted by molar-refractivity contribution is 0.102. The Hall–Kier alpha value is -2.57. The summed E-state index contributed by atoms with van der Waals surface area (Å²) in [5.74, 6) is 1.48. The second kappa shape index (κ2) is 9.71. The Balaban J connectivity index is 1.35. The zero-order valence-corrected chi connectivity index (χ0v) is 19.1. The second-order valence-corrected chi connectivity index (χ2v) is 9.59. The van der Waals surface area contributed by atoms with Crippen LogP contribution in [0, 0.1) is 18.8 Å². The predicted molar refractivity (Wildman–Crippen MR) is 124 cm³/mol. The molecule has 1 aliphatic carbocycles. The molecule has 162 valence electrons. The summed E-state index contributed by atoms with van der Waals surface area (Å²) < 4.78 is 5.29. The molecular weight excluding hydrogens is 406 g/mol. The third-order valence-electron chi connectivity index (χ3n) is 6.09. The van der Waals surface area contributed by atoms with Crippen molar-refractivity contribution >= 4 is 23.2 Å². The Morgan fingerprint density at radius 1 is 1.19 bits per heavy atom. The lowest BCUT2D eigenvalue weighted by Gasteiger charge is -2.36. The fourth-order valence-corrected chi connectivity index (χ4v) is 5.56. The first-order valence-electron chi connectivity index (χ1n) is 10.8. The molecule has 0 amide bonds. The third kappa shape index (κ3) is 5.20. The van der Waals surface area contributed by atoms with Gasteiger partial charge in [-0.25, -0.2) is 0 Å². The Morgan fingerprint density at radius 3 is 2.68 bits per heavy atom. The zero-order chi connectivity index (χ0) is 21.8. The number of carbonyl (C=O) groups excluding carboxylic acids is 1. The van der Waals surface area contributed by atoms with Crippen LogP contribution in [0.5, 0.6) is 0 Å².